The number of carbonyl (C=O) groups is 3. The molecule has 3 heterocycles. The van der Waals surface area contributed by atoms with Gasteiger partial charge in [0, 0.05) is 67.9 Å². The predicted octanol–water partition coefficient (Wildman–Crippen LogP) is 4.07. The number of halogens is 2. The van der Waals surface area contributed by atoms with Crippen LogP contribution < -0.4 is 5.32 Å². The van der Waals surface area contributed by atoms with Gasteiger partial charge in [0.25, 0.3) is 5.91 Å². The summed E-state index contributed by atoms with van der Waals surface area (Å²) in [6, 6.07) is -1.21. The number of hydrogen-bond acceptors (Lipinski definition) is 18. The Morgan fingerprint density at radius 1 is 0.890 bits per heavy atom. The van der Waals surface area contributed by atoms with E-state index in [1.54, 1.807) is 62.3 Å². The van der Waals surface area contributed by atoms with Crippen LogP contribution in [0.4, 0.5) is 8.78 Å². The van der Waals surface area contributed by atoms with Crippen LogP contribution in [0, 0.1) is 46.3 Å². The fraction of sp³-hybridized carbons (Fsp3) is 0.885. The molecule has 21 heteroatoms. The van der Waals surface area contributed by atoms with Crippen molar-refractivity contribution in [2.45, 2.75) is 255 Å². The first-order chi connectivity index (χ1) is 37.9. The molecule has 0 radical (unpaired) electrons. The van der Waals surface area contributed by atoms with Crippen LogP contribution in [-0.4, -0.2) is 218 Å². The number of nitrogens with one attached hydrogen (secondary N) is 1. The van der Waals surface area contributed by atoms with Gasteiger partial charge in [0.05, 0.1) is 47.6 Å². The molecule has 0 aromatic carbocycles. The SMILES string of the molecule is CC[C@H]1OC(=O)[C@H](C)[C@@H](OC2C[C@](C)(OC)[C@H](O)C(C)O2)[C@H](C)C(OC2OC(C)C[C@@H](N(C)C)[C@H]2O)[C@](C)(O)C[C@@H](C)CN(CCCNC(=O)[C@@]2(O)[C@H](C)CC3C4C[C@H](F)C5=CC(=O)C=C[C@]5(C)[C@@]4(F)[C@@H](O)C[C@@]32C)[C@H](C)[C@@H](O)[C@]1(C)O. The van der Waals surface area contributed by atoms with E-state index < -0.39 is 166 Å². The van der Waals surface area contributed by atoms with Crippen LogP contribution in [0.25, 0.3) is 0 Å². The lowest BCUT2D eigenvalue weighted by Gasteiger charge is -2.63. The molecule has 0 aromatic rings. The van der Waals surface area contributed by atoms with Crippen LogP contribution >= 0.6 is 0 Å². The summed E-state index contributed by atoms with van der Waals surface area (Å²) in [5.41, 5.74) is -12.4. The molecule has 0 aromatic heterocycles. The predicted molar refractivity (Wildman–Crippen MR) is 299 cm³/mol. The summed E-state index contributed by atoms with van der Waals surface area (Å²) in [6.45, 7) is 22.3. The largest absolute Gasteiger partial charge is 0.459 e. The molecule has 3 saturated carbocycles. The number of ether oxygens (including phenoxy) is 6. The number of carbonyl (C=O) groups excluding carboxylic acids is 3. The minimum Gasteiger partial charge on any atom is -0.459 e. The first-order valence-electron chi connectivity index (χ1n) is 30.1. The Bertz CT molecular complexity index is 2350. The van der Waals surface area contributed by atoms with E-state index in [2.05, 4.69) is 5.32 Å². The molecule has 0 spiro atoms. The van der Waals surface area contributed by atoms with Gasteiger partial charge in [0.1, 0.15) is 36.2 Å². The molecular formula is C61H101F2N3O16. The minimum absolute atomic E-state index is 0.0109. The van der Waals surface area contributed by atoms with Crippen molar-refractivity contribution < 1.29 is 87.3 Å². The molecule has 1 amide bonds. The lowest BCUT2D eigenvalue weighted by atomic mass is 9.44. The third kappa shape index (κ3) is 11.7. The molecule has 19 nitrogen and oxygen atoms in total. The van der Waals surface area contributed by atoms with E-state index in [0.29, 0.717) is 6.42 Å². The summed E-state index contributed by atoms with van der Waals surface area (Å²) in [5, 5.41) is 88.3. The lowest BCUT2D eigenvalue weighted by molar-refractivity contribution is -0.318. The zero-order chi connectivity index (χ0) is 61.4. The standard InChI is InChI=1S/C61H101F2N3O16/c1-17-45-59(13,75)49(70)36(7)66(22-18-21-64-54(73)61(76)32(3)23-39-40-26-42(62)41-25-38(67)19-20-55(41,9)60(40,63)44(68)28-56(39,61)10)30-31(2)27-57(11,74)51(82-53-47(69)43(65(14)15)24-33(4)78-53)34(5)48(35(6)52(72)80-45)81-46-29-58(12,77-16)50(71)37(8)79-46/h19-20,25,31-37,39-40,42-51,53,68-71,74-76H,17-18,21-24,26-30H2,1-16H3,(H,64,73)/t31-,32-,33?,34+,35-,36-,37?,39?,40?,42+,43-,44+,45-,46?,47-,48+,49-,50-,51?,53?,55+,56+,57-,58+,59-,60+,61+/m1/s1. The van der Waals surface area contributed by atoms with Crippen molar-refractivity contribution in [2.75, 3.05) is 40.8 Å². The number of aliphatic hydroxyl groups is 7. The van der Waals surface area contributed by atoms with Crippen LogP contribution in [0.15, 0.2) is 23.8 Å². The van der Waals surface area contributed by atoms with Gasteiger partial charge in [-0.1, -0.05) is 40.7 Å². The molecule has 3 saturated heterocycles. The van der Waals surface area contributed by atoms with E-state index in [9.17, 15) is 50.1 Å². The summed E-state index contributed by atoms with van der Waals surface area (Å²) >= 11 is 0. The van der Waals surface area contributed by atoms with Gasteiger partial charge in [0.15, 0.2) is 29.6 Å². The fourth-order valence-electron chi connectivity index (χ4n) is 16.5. The molecule has 82 heavy (non-hydrogen) atoms. The summed E-state index contributed by atoms with van der Waals surface area (Å²) in [5.74, 6) is -6.92. The number of nitrogens with zero attached hydrogens (tertiary/aromatic N) is 2. The third-order valence-corrected chi connectivity index (χ3v) is 21.5. The molecule has 3 aliphatic heterocycles. The quantitative estimate of drug-likeness (QED) is 0.101. The monoisotopic (exact) mass is 1170 g/mol. The van der Waals surface area contributed by atoms with Crippen molar-refractivity contribution in [1.29, 1.82) is 0 Å². The number of likely N-dealkylation sites (N-methyl/N-ethyl adjacent to an activating group) is 1. The second-order valence-corrected chi connectivity index (χ2v) is 27.6. The number of esters is 1. The molecule has 470 valence electrons. The van der Waals surface area contributed by atoms with Crippen molar-refractivity contribution >= 4 is 17.7 Å². The highest BCUT2D eigenvalue weighted by molar-refractivity contribution is 6.01. The Kier molecular flexibility index (Phi) is 20.0. The number of aliphatic hydroxyl groups excluding tert-OH is 4. The maximum atomic E-state index is 17.9. The maximum absolute atomic E-state index is 17.9. The molecule has 27 atom stereocenters. The zero-order valence-electron chi connectivity index (χ0n) is 51.5. The van der Waals surface area contributed by atoms with E-state index in [-0.39, 0.29) is 82.3 Å². The minimum atomic E-state index is -2.39. The number of methoxy groups -OCH3 is 1. The van der Waals surface area contributed by atoms with Gasteiger partial charge >= 0.3 is 5.97 Å². The number of alkyl halides is 2. The summed E-state index contributed by atoms with van der Waals surface area (Å²) < 4.78 is 72.3. The molecule has 4 aliphatic carbocycles. The number of ketones is 1. The third-order valence-electron chi connectivity index (χ3n) is 21.5. The van der Waals surface area contributed by atoms with E-state index >= 15 is 8.78 Å². The lowest BCUT2D eigenvalue weighted by Crippen LogP contribution is -2.71. The second-order valence-electron chi connectivity index (χ2n) is 27.6. The molecule has 7 rings (SSSR count). The number of fused-ring (bicyclic) bond motifs is 5. The van der Waals surface area contributed by atoms with Crippen LogP contribution in [0.1, 0.15) is 141 Å². The Balaban J connectivity index is 1.16. The zero-order valence-corrected chi connectivity index (χ0v) is 51.5. The number of hydrogen-bond donors (Lipinski definition) is 8. The van der Waals surface area contributed by atoms with Gasteiger partial charge in [0.2, 0.25) is 0 Å². The van der Waals surface area contributed by atoms with Gasteiger partial charge in [-0.25, -0.2) is 8.78 Å². The molecule has 8 N–H and O–H groups in total. The average Bonchev–Trinajstić information content (AvgIpc) is 2.67. The summed E-state index contributed by atoms with van der Waals surface area (Å²) in [6.07, 6.45) is -9.95. The van der Waals surface area contributed by atoms with Crippen molar-refractivity contribution in [3.8, 4) is 0 Å². The van der Waals surface area contributed by atoms with Gasteiger partial charge < -0.3 is 74.4 Å². The highest BCUT2D eigenvalue weighted by Crippen LogP contribution is 2.71. The van der Waals surface area contributed by atoms with Gasteiger partial charge in [-0.05, 0) is 150 Å². The number of cyclic esters (lactones) is 1. The average molecular weight is 1170 g/mol. The molecule has 0 bridgehead atoms. The van der Waals surface area contributed by atoms with E-state index in [1.807, 2.05) is 37.7 Å². The van der Waals surface area contributed by atoms with Gasteiger partial charge in [-0.3, -0.25) is 19.3 Å². The highest BCUT2D eigenvalue weighted by atomic mass is 19.1. The summed E-state index contributed by atoms with van der Waals surface area (Å²) in [4.78, 5) is 45.5. The van der Waals surface area contributed by atoms with E-state index in [4.69, 9.17) is 28.4 Å². The van der Waals surface area contributed by atoms with Crippen molar-refractivity contribution in [2.24, 2.45) is 46.3 Å². The smallest absolute Gasteiger partial charge is 0.311 e. The van der Waals surface area contributed by atoms with Crippen molar-refractivity contribution in [1.82, 2.24) is 15.1 Å². The molecular weight excluding hydrogens is 1070 g/mol. The van der Waals surface area contributed by atoms with Crippen LogP contribution in [-0.2, 0) is 42.8 Å². The maximum Gasteiger partial charge on any atom is 0.311 e. The Morgan fingerprint density at radius 2 is 1.55 bits per heavy atom. The molecule has 6 fully saturated rings. The Labute approximate surface area is 484 Å². The first kappa shape index (κ1) is 66.9. The topological polar surface area (TPSA) is 267 Å². The normalized spacial score (nSPS) is 50.8. The fourth-order valence-corrected chi connectivity index (χ4v) is 16.5. The Hall–Kier alpha value is -2.61. The van der Waals surface area contributed by atoms with Gasteiger partial charge in [-0.2, -0.15) is 0 Å². The number of allylic oxidation sites excluding steroid dienone is 4. The van der Waals surface area contributed by atoms with E-state index in [1.165, 1.54) is 33.1 Å². The van der Waals surface area contributed by atoms with Crippen molar-refractivity contribution in [3.63, 3.8) is 0 Å². The highest BCUT2D eigenvalue weighted by Gasteiger charge is 2.77. The van der Waals surface area contributed by atoms with Crippen LogP contribution in [0.2, 0.25) is 0 Å². The molecule has 7 aliphatic rings. The van der Waals surface area contributed by atoms with Crippen molar-refractivity contribution in [3.05, 3.63) is 23.8 Å². The number of amides is 1. The van der Waals surface area contributed by atoms with E-state index in [0.717, 1.165) is 6.08 Å². The Morgan fingerprint density at radius 3 is 2.17 bits per heavy atom. The second kappa shape index (κ2) is 24.5. The summed E-state index contributed by atoms with van der Waals surface area (Å²) in [7, 11) is 5.17. The first-order valence-corrected chi connectivity index (χ1v) is 30.1. The molecule has 7 unspecified atom stereocenters. The number of rotatable bonds is 12. The van der Waals surface area contributed by atoms with Crippen LogP contribution in [0.5, 0.6) is 0 Å². The van der Waals surface area contributed by atoms with Gasteiger partial charge in [-0.15, -0.1) is 0 Å². The van der Waals surface area contributed by atoms with Crippen LogP contribution in [0.3, 0.4) is 0 Å².